The predicted molar refractivity (Wildman–Crippen MR) is 50.3 cm³/mol. The molecule has 0 unspecified atom stereocenters. The lowest BCUT2D eigenvalue weighted by Crippen LogP contribution is -2.23. The molecule has 0 radical (unpaired) electrons. The molecule has 6 heteroatoms. The van der Waals surface area contributed by atoms with Crippen LogP contribution in [0.3, 0.4) is 0 Å². The van der Waals surface area contributed by atoms with Crippen molar-refractivity contribution in [3.8, 4) is 0 Å². The van der Waals surface area contributed by atoms with Crippen LogP contribution in [0.15, 0.2) is 18.5 Å². The second-order valence-electron chi connectivity index (χ2n) is 3.15. The maximum absolute atomic E-state index is 12.5. The molecule has 0 saturated heterocycles. The maximum atomic E-state index is 12.5. The summed E-state index contributed by atoms with van der Waals surface area (Å²) in [5.74, 6) is -4.09. The normalized spacial score (nSPS) is 11.1. The average Bonchev–Trinajstić information content (AvgIpc) is 2.14. The minimum atomic E-state index is -2.89. The molecule has 2 N–H and O–H groups in total. The summed E-state index contributed by atoms with van der Waals surface area (Å²) in [5, 5.41) is 11.1. The number of carboxylic acids is 1. The molecule has 1 heterocycles. The summed E-state index contributed by atoms with van der Waals surface area (Å²) in [6.07, 6.45) is 2.45. The van der Waals surface area contributed by atoms with Crippen LogP contribution in [0, 0.1) is 0 Å². The van der Waals surface area contributed by atoms with Crippen LogP contribution >= 0.6 is 0 Å². The van der Waals surface area contributed by atoms with Gasteiger partial charge in [0.25, 0.3) is 5.92 Å². The third-order valence-electron chi connectivity index (χ3n) is 1.64. The largest absolute Gasteiger partial charge is 0.478 e. The number of carbonyl (C=O) groups is 1. The second kappa shape index (κ2) is 4.20. The number of hydrogen-bond donors (Lipinski definition) is 2. The zero-order valence-corrected chi connectivity index (χ0v) is 8.00. The van der Waals surface area contributed by atoms with Gasteiger partial charge in [0, 0.05) is 19.3 Å². The quantitative estimate of drug-likeness (QED) is 0.806. The van der Waals surface area contributed by atoms with Gasteiger partial charge in [-0.3, -0.25) is 4.98 Å². The van der Waals surface area contributed by atoms with Crippen LogP contribution in [0.4, 0.5) is 14.5 Å². The topological polar surface area (TPSA) is 62.2 Å². The van der Waals surface area contributed by atoms with Gasteiger partial charge in [-0.1, -0.05) is 0 Å². The lowest BCUT2D eigenvalue weighted by Gasteiger charge is -2.13. The van der Waals surface area contributed by atoms with Crippen LogP contribution in [0.25, 0.3) is 0 Å². The summed E-state index contributed by atoms with van der Waals surface area (Å²) < 4.78 is 25.0. The van der Waals surface area contributed by atoms with Gasteiger partial charge in [0.1, 0.15) is 5.56 Å². The van der Waals surface area contributed by atoms with Gasteiger partial charge in [0.05, 0.1) is 12.2 Å². The lowest BCUT2D eigenvalue weighted by molar-refractivity contribution is 0.0366. The van der Waals surface area contributed by atoms with Crippen molar-refractivity contribution in [3.63, 3.8) is 0 Å². The first-order chi connectivity index (χ1) is 6.90. The molecule has 0 saturated carbocycles. The molecule has 15 heavy (non-hydrogen) atoms. The first-order valence-corrected chi connectivity index (χ1v) is 4.19. The number of alkyl halides is 2. The molecule has 0 amide bonds. The van der Waals surface area contributed by atoms with E-state index in [1.165, 1.54) is 12.3 Å². The van der Waals surface area contributed by atoms with E-state index in [1.807, 2.05) is 0 Å². The van der Waals surface area contributed by atoms with Crippen molar-refractivity contribution >= 4 is 11.7 Å². The van der Waals surface area contributed by atoms with Crippen LogP contribution < -0.4 is 5.32 Å². The Balaban J connectivity index is 2.81. The van der Waals surface area contributed by atoms with Crippen molar-refractivity contribution in [3.05, 3.63) is 24.0 Å². The molecule has 0 aliphatic rings. The van der Waals surface area contributed by atoms with Gasteiger partial charge in [-0.2, -0.15) is 0 Å². The van der Waals surface area contributed by atoms with Gasteiger partial charge >= 0.3 is 5.97 Å². The van der Waals surface area contributed by atoms with E-state index < -0.39 is 18.4 Å². The van der Waals surface area contributed by atoms with Crippen LogP contribution in [0.5, 0.6) is 0 Å². The Labute approximate surface area is 84.9 Å². The van der Waals surface area contributed by atoms with E-state index in [2.05, 4.69) is 10.3 Å². The number of nitrogens with one attached hydrogen (secondary N) is 1. The van der Waals surface area contributed by atoms with Crippen molar-refractivity contribution in [2.24, 2.45) is 0 Å². The molecule has 0 spiro atoms. The minimum absolute atomic E-state index is 0.123. The zero-order chi connectivity index (χ0) is 11.5. The predicted octanol–water partition coefficient (Wildman–Crippen LogP) is 1.85. The van der Waals surface area contributed by atoms with E-state index >= 15 is 0 Å². The Bertz CT molecular complexity index is 363. The van der Waals surface area contributed by atoms with Crippen molar-refractivity contribution in [2.45, 2.75) is 12.8 Å². The third-order valence-corrected chi connectivity index (χ3v) is 1.64. The van der Waals surface area contributed by atoms with E-state index in [4.69, 9.17) is 5.11 Å². The summed E-state index contributed by atoms with van der Waals surface area (Å²) >= 11 is 0. The van der Waals surface area contributed by atoms with Gasteiger partial charge in [-0.25, -0.2) is 13.6 Å². The smallest absolute Gasteiger partial charge is 0.339 e. The molecule has 1 aromatic rings. The van der Waals surface area contributed by atoms with Crippen molar-refractivity contribution in [1.29, 1.82) is 0 Å². The highest BCUT2D eigenvalue weighted by atomic mass is 19.3. The van der Waals surface area contributed by atoms with Crippen LogP contribution in [0.1, 0.15) is 17.3 Å². The third kappa shape index (κ3) is 3.49. The maximum Gasteiger partial charge on any atom is 0.339 e. The molecule has 0 aliphatic heterocycles. The number of pyridine rings is 1. The molecule has 0 bridgehead atoms. The Morgan fingerprint density at radius 1 is 1.67 bits per heavy atom. The van der Waals surface area contributed by atoms with Gasteiger partial charge in [0.15, 0.2) is 0 Å². The Hall–Kier alpha value is -1.72. The number of aromatic nitrogens is 1. The fourth-order valence-corrected chi connectivity index (χ4v) is 0.969. The van der Waals surface area contributed by atoms with E-state index in [9.17, 15) is 13.6 Å². The molecular weight excluding hydrogens is 206 g/mol. The Morgan fingerprint density at radius 2 is 2.33 bits per heavy atom. The van der Waals surface area contributed by atoms with Crippen molar-refractivity contribution in [2.75, 3.05) is 11.9 Å². The highest BCUT2D eigenvalue weighted by molar-refractivity contribution is 5.93. The molecule has 4 nitrogen and oxygen atoms in total. The SMILES string of the molecule is CC(F)(F)CNc1ccncc1C(=O)O. The Kier molecular flexibility index (Phi) is 3.18. The summed E-state index contributed by atoms with van der Waals surface area (Å²) in [6.45, 7) is 0.138. The highest BCUT2D eigenvalue weighted by Gasteiger charge is 2.21. The minimum Gasteiger partial charge on any atom is -0.478 e. The number of carboxylic acid groups (broad SMARTS) is 1. The number of nitrogens with zero attached hydrogens (tertiary/aromatic N) is 1. The second-order valence-corrected chi connectivity index (χ2v) is 3.15. The lowest BCUT2D eigenvalue weighted by atomic mass is 10.2. The number of hydrogen-bond acceptors (Lipinski definition) is 3. The van der Waals surface area contributed by atoms with E-state index in [0.717, 1.165) is 13.1 Å². The summed E-state index contributed by atoms with van der Waals surface area (Å²) in [7, 11) is 0. The standard InChI is InChI=1S/C9H10F2N2O2/c1-9(10,11)5-13-7-2-3-12-4-6(7)8(14)15/h2-4H,5H2,1H3,(H,12,13)(H,14,15). The summed E-state index contributed by atoms with van der Waals surface area (Å²) in [4.78, 5) is 14.3. The Morgan fingerprint density at radius 3 is 2.87 bits per heavy atom. The van der Waals surface area contributed by atoms with E-state index in [-0.39, 0.29) is 11.3 Å². The van der Waals surface area contributed by atoms with Gasteiger partial charge in [-0.05, 0) is 6.07 Å². The number of aromatic carboxylic acids is 1. The summed E-state index contributed by atoms with van der Waals surface area (Å²) in [5.41, 5.74) is 0.0146. The fourth-order valence-electron chi connectivity index (χ4n) is 0.969. The highest BCUT2D eigenvalue weighted by Crippen LogP contribution is 2.17. The van der Waals surface area contributed by atoms with Gasteiger partial charge in [0.2, 0.25) is 0 Å². The van der Waals surface area contributed by atoms with Gasteiger partial charge < -0.3 is 10.4 Å². The van der Waals surface area contributed by atoms with Crippen LogP contribution in [-0.4, -0.2) is 28.5 Å². The van der Waals surface area contributed by atoms with Crippen LogP contribution in [-0.2, 0) is 0 Å². The summed E-state index contributed by atoms with van der Waals surface area (Å²) in [6, 6.07) is 1.34. The molecule has 0 fully saturated rings. The molecule has 1 rings (SSSR count). The first kappa shape index (κ1) is 11.4. The molecule has 82 valence electrons. The van der Waals surface area contributed by atoms with E-state index in [0.29, 0.717) is 0 Å². The van der Waals surface area contributed by atoms with Crippen LogP contribution in [0.2, 0.25) is 0 Å². The zero-order valence-electron chi connectivity index (χ0n) is 8.00. The first-order valence-electron chi connectivity index (χ1n) is 4.19. The number of anilines is 1. The molecule has 0 atom stereocenters. The molecule has 0 aliphatic carbocycles. The average molecular weight is 216 g/mol. The molecular formula is C9H10F2N2O2. The van der Waals surface area contributed by atoms with Gasteiger partial charge in [-0.15, -0.1) is 0 Å². The number of rotatable bonds is 4. The monoisotopic (exact) mass is 216 g/mol. The number of halogens is 2. The fraction of sp³-hybridized carbons (Fsp3) is 0.333. The van der Waals surface area contributed by atoms with Crippen molar-refractivity contribution < 1.29 is 18.7 Å². The van der Waals surface area contributed by atoms with E-state index in [1.54, 1.807) is 0 Å². The van der Waals surface area contributed by atoms with Crippen molar-refractivity contribution in [1.82, 2.24) is 4.98 Å². The molecule has 1 aromatic heterocycles. The molecule has 0 aromatic carbocycles.